The van der Waals surface area contributed by atoms with Gasteiger partial charge in [0, 0.05) is 12.1 Å². The third kappa shape index (κ3) is 4.73. The minimum Gasteiger partial charge on any atom is -0.365 e. The Hall–Kier alpha value is -1.60. The standard InChI is InChI=1S/C18H23F3N2O2/c19-18(20,21)16-12-23(8-9-25-16)17(24)15-3-1-2-14(11-15)10-13-4-6-22-7-5-13/h1-3,11,13,16,22H,4-10,12H2/t16-/m0/s1. The number of hydrogen-bond donors (Lipinski definition) is 1. The zero-order chi connectivity index (χ0) is 17.9. The van der Waals surface area contributed by atoms with E-state index in [4.69, 9.17) is 4.74 Å². The number of morpholine rings is 1. The van der Waals surface area contributed by atoms with Crippen LogP contribution in [0.15, 0.2) is 24.3 Å². The fourth-order valence-corrected chi connectivity index (χ4v) is 3.46. The number of carbonyl (C=O) groups is 1. The molecule has 4 nitrogen and oxygen atoms in total. The third-order valence-electron chi connectivity index (χ3n) is 4.88. The Kier molecular flexibility index (Phi) is 5.64. The summed E-state index contributed by atoms with van der Waals surface area (Å²) < 4.78 is 43.3. The van der Waals surface area contributed by atoms with Crippen LogP contribution >= 0.6 is 0 Å². The van der Waals surface area contributed by atoms with Gasteiger partial charge in [-0.2, -0.15) is 13.2 Å². The molecular formula is C18H23F3N2O2. The summed E-state index contributed by atoms with van der Waals surface area (Å²) in [5.74, 6) is 0.231. The van der Waals surface area contributed by atoms with Gasteiger partial charge in [0.2, 0.25) is 0 Å². The van der Waals surface area contributed by atoms with E-state index in [9.17, 15) is 18.0 Å². The molecule has 1 amide bonds. The molecule has 0 unspecified atom stereocenters. The fourth-order valence-electron chi connectivity index (χ4n) is 3.46. The highest BCUT2D eigenvalue weighted by Crippen LogP contribution is 2.26. The average molecular weight is 356 g/mol. The molecule has 2 aliphatic rings. The summed E-state index contributed by atoms with van der Waals surface area (Å²) in [5.41, 5.74) is 1.52. The van der Waals surface area contributed by atoms with Crippen LogP contribution in [-0.4, -0.2) is 55.9 Å². The number of hydrogen-bond acceptors (Lipinski definition) is 3. The van der Waals surface area contributed by atoms with Crippen molar-refractivity contribution in [2.75, 3.05) is 32.8 Å². The summed E-state index contributed by atoms with van der Waals surface area (Å²) in [6.45, 7) is 1.67. The predicted octanol–water partition coefficient (Wildman–Crippen LogP) is 2.63. The first-order chi connectivity index (χ1) is 11.9. The van der Waals surface area contributed by atoms with Gasteiger partial charge >= 0.3 is 6.18 Å². The van der Waals surface area contributed by atoms with Gasteiger partial charge < -0.3 is 15.0 Å². The molecule has 2 heterocycles. The molecule has 0 radical (unpaired) electrons. The highest BCUT2D eigenvalue weighted by Gasteiger charge is 2.44. The Morgan fingerprint density at radius 1 is 1.28 bits per heavy atom. The topological polar surface area (TPSA) is 41.6 Å². The maximum atomic E-state index is 12.8. The molecule has 0 spiro atoms. The van der Waals surface area contributed by atoms with Crippen LogP contribution in [0.4, 0.5) is 13.2 Å². The monoisotopic (exact) mass is 356 g/mol. The second-order valence-corrected chi connectivity index (χ2v) is 6.75. The van der Waals surface area contributed by atoms with E-state index >= 15 is 0 Å². The van der Waals surface area contributed by atoms with Crippen LogP contribution in [0.5, 0.6) is 0 Å². The first-order valence-electron chi connectivity index (χ1n) is 8.71. The summed E-state index contributed by atoms with van der Waals surface area (Å²) in [4.78, 5) is 13.9. The first kappa shape index (κ1) is 18.2. The van der Waals surface area contributed by atoms with Crippen molar-refractivity contribution in [1.82, 2.24) is 10.2 Å². The van der Waals surface area contributed by atoms with Gasteiger partial charge in [0.25, 0.3) is 5.91 Å². The van der Waals surface area contributed by atoms with E-state index in [1.807, 2.05) is 18.2 Å². The number of rotatable bonds is 3. The lowest BCUT2D eigenvalue weighted by atomic mass is 9.90. The number of nitrogens with one attached hydrogen (secondary N) is 1. The summed E-state index contributed by atoms with van der Waals surface area (Å²) in [6, 6.07) is 7.29. The lowest BCUT2D eigenvalue weighted by molar-refractivity contribution is -0.233. The number of benzene rings is 1. The molecule has 1 aromatic rings. The largest absolute Gasteiger partial charge is 0.416 e. The minimum absolute atomic E-state index is 0.0926. The maximum absolute atomic E-state index is 12.8. The first-order valence-corrected chi connectivity index (χ1v) is 8.71. The van der Waals surface area contributed by atoms with Gasteiger partial charge in [-0.05, 0) is 56.0 Å². The Morgan fingerprint density at radius 2 is 2.04 bits per heavy atom. The molecule has 138 valence electrons. The summed E-state index contributed by atoms with van der Waals surface area (Å²) in [7, 11) is 0. The van der Waals surface area contributed by atoms with E-state index < -0.39 is 18.8 Å². The van der Waals surface area contributed by atoms with Gasteiger partial charge in [-0.3, -0.25) is 4.79 Å². The van der Waals surface area contributed by atoms with Gasteiger partial charge in [0.15, 0.2) is 6.10 Å². The smallest absolute Gasteiger partial charge is 0.365 e. The summed E-state index contributed by atoms with van der Waals surface area (Å²) >= 11 is 0. The van der Waals surface area contributed by atoms with Gasteiger partial charge in [-0.1, -0.05) is 12.1 Å². The predicted molar refractivity (Wildman–Crippen MR) is 87.4 cm³/mol. The molecule has 0 aromatic heterocycles. The van der Waals surface area contributed by atoms with Crippen molar-refractivity contribution in [3.63, 3.8) is 0 Å². The van der Waals surface area contributed by atoms with Crippen LogP contribution < -0.4 is 5.32 Å². The van der Waals surface area contributed by atoms with Gasteiger partial charge in [-0.25, -0.2) is 0 Å². The van der Waals surface area contributed by atoms with E-state index in [0.717, 1.165) is 37.9 Å². The summed E-state index contributed by atoms with van der Waals surface area (Å²) in [6.07, 6.45) is -3.24. The van der Waals surface area contributed by atoms with Crippen LogP contribution in [0.25, 0.3) is 0 Å². The van der Waals surface area contributed by atoms with Crippen LogP contribution in [-0.2, 0) is 11.2 Å². The van der Waals surface area contributed by atoms with E-state index in [2.05, 4.69) is 5.32 Å². The van der Waals surface area contributed by atoms with Gasteiger partial charge in [0.1, 0.15) is 0 Å². The van der Waals surface area contributed by atoms with Crippen molar-refractivity contribution < 1.29 is 22.7 Å². The van der Waals surface area contributed by atoms with E-state index in [0.29, 0.717) is 11.5 Å². The van der Waals surface area contributed by atoms with E-state index in [-0.39, 0.29) is 19.1 Å². The number of alkyl halides is 3. The molecule has 25 heavy (non-hydrogen) atoms. The zero-order valence-corrected chi connectivity index (χ0v) is 14.0. The van der Waals surface area contributed by atoms with Crippen molar-refractivity contribution in [2.45, 2.75) is 31.5 Å². The van der Waals surface area contributed by atoms with Crippen molar-refractivity contribution in [1.29, 1.82) is 0 Å². The number of halogens is 3. The number of nitrogens with zero attached hydrogens (tertiary/aromatic N) is 1. The third-order valence-corrected chi connectivity index (χ3v) is 4.88. The number of ether oxygens (including phenoxy) is 1. The highest BCUT2D eigenvalue weighted by atomic mass is 19.4. The quantitative estimate of drug-likeness (QED) is 0.905. The molecular weight excluding hydrogens is 333 g/mol. The van der Waals surface area contributed by atoms with Gasteiger partial charge in [-0.15, -0.1) is 0 Å². The fraction of sp³-hybridized carbons (Fsp3) is 0.611. The van der Waals surface area contributed by atoms with E-state index in [1.54, 1.807) is 6.07 Å². The molecule has 2 fully saturated rings. The van der Waals surface area contributed by atoms with Crippen molar-refractivity contribution >= 4 is 5.91 Å². The number of amides is 1. The van der Waals surface area contributed by atoms with Crippen LogP contribution in [0.3, 0.4) is 0 Å². The molecule has 1 N–H and O–H groups in total. The molecule has 0 bridgehead atoms. The molecule has 3 rings (SSSR count). The molecule has 2 saturated heterocycles. The van der Waals surface area contributed by atoms with E-state index in [1.165, 1.54) is 4.90 Å². The molecule has 7 heteroatoms. The average Bonchev–Trinajstić information content (AvgIpc) is 2.61. The Balaban J connectivity index is 1.66. The van der Waals surface area contributed by atoms with Gasteiger partial charge in [0.05, 0.1) is 13.2 Å². The molecule has 1 atom stereocenters. The Bertz CT molecular complexity index is 600. The maximum Gasteiger partial charge on any atom is 0.416 e. The zero-order valence-electron chi connectivity index (χ0n) is 14.0. The molecule has 2 aliphatic heterocycles. The summed E-state index contributed by atoms with van der Waals surface area (Å²) in [5, 5.41) is 3.32. The Labute approximate surface area is 145 Å². The minimum atomic E-state index is -4.45. The van der Waals surface area contributed by atoms with Crippen LogP contribution in [0.1, 0.15) is 28.8 Å². The Morgan fingerprint density at radius 3 is 2.76 bits per heavy atom. The van der Waals surface area contributed by atoms with Crippen LogP contribution in [0, 0.1) is 5.92 Å². The van der Waals surface area contributed by atoms with Crippen molar-refractivity contribution in [3.8, 4) is 0 Å². The normalized spacial score (nSPS) is 22.8. The second-order valence-electron chi connectivity index (χ2n) is 6.75. The number of carbonyl (C=O) groups excluding carboxylic acids is 1. The lowest BCUT2D eigenvalue weighted by Crippen LogP contribution is -2.51. The molecule has 0 saturated carbocycles. The van der Waals surface area contributed by atoms with Crippen molar-refractivity contribution in [2.24, 2.45) is 5.92 Å². The van der Waals surface area contributed by atoms with Crippen LogP contribution in [0.2, 0.25) is 0 Å². The van der Waals surface area contributed by atoms with Crippen molar-refractivity contribution in [3.05, 3.63) is 35.4 Å². The second kappa shape index (κ2) is 7.74. The number of piperidine rings is 1. The molecule has 0 aliphatic carbocycles. The lowest BCUT2D eigenvalue weighted by Gasteiger charge is -2.34. The molecule has 1 aromatic carbocycles. The SMILES string of the molecule is O=C(c1cccc(CC2CCNCC2)c1)N1CCO[C@H](C(F)(F)F)C1. The highest BCUT2D eigenvalue weighted by molar-refractivity contribution is 5.94.